The lowest BCUT2D eigenvalue weighted by Gasteiger charge is -2.31. The van der Waals surface area contributed by atoms with Gasteiger partial charge >= 0.3 is 0 Å². The predicted octanol–water partition coefficient (Wildman–Crippen LogP) is 0.229. The molecule has 1 heterocycles. The lowest BCUT2D eigenvalue weighted by Crippen LogP contribution is -2.43. The summed E-state index contributed by atoms with van der Waals surface area (Å²) in [7, 11) is 0. The normalized spacial score (nSPS) is 25.8. The molecule has 2 N–H and O–H groups in total. The fourth-order valence-corrected chi connectivity index (χ4v) is 1.85. The largest absolute Gasteiger partial charge is 0.392 e. The lowest BCUT2D eigenvalue weighted by atomic mass is 10.1. The van der Waals surface area contributed by atoms with Gasteiger partial charge in [-0.1, -0.05) is 0 Å². The minimum Gasteiger partial charge on any atom is -0.392 e. The van der Waals surface area contributed by atoms with E-state index in [0.717, 1.165) is 19.4 Å². The van der Waals surface area contributed by atoms with Crippen molar-refractivity contribution >= 4 is 0 Å². The van der Waals surface area contributed by atoms with Crippen molar-refractivity contribution in [3.05, 3.63) is 0 Å². The van der Waals surface area contributed by atoms with Crippen molar-refractivity contribution in [2.45, 2.75) is 45.0 Å². The molecule has 1 saturated heterocycles. The maximum Gasteiger partial charge on any atom is 0.0900 e. The van der Waals surface area contributed by atoms with Gasteiger partial charge in [0, 0.05) is 13.1 Å². The molecule has 0 bridgehead atoms. The van der Waals surface area contributed by atoms with E-state index in [0.29, 0.717) is 19.7 Å². The molecule has 0 saturated carbocycles. The van der Waals surface area contributed by atoms with E-state index in [1.54, 1.807) is 0 Å². The Labute approximate surface area is 91.8 Å². The smallest absolute Gasteiger partial charge is 0.0900 e. The van der Waals surface area contributed by atoms with E-state index in [2.05, 4.69) is 4.90 Å². The van der Waals surface area contributed by atoms with Crippen LogP contribution in [0, 0.1) is 0 Å². The third-order valence-electron chi connectivity index (χ3n) is 2.57. The maximum absolute atomic E-state index is 9.69. The van der Waals surface area contributed by atoms with Gasteiger partial charge < -0.3 is 14.9 Å². The van der Waals surface area contributed by atoms with Gasteiger partial charge in [-0.25, -0.2) is 0 Å². The van der Waals surface area contributed by atoms with Gasteiger partial charge in [-0.2, -0.15) is 0 Å². The first-order valence-corrected chi connectivity index (χ1v) is 5.78. The molecule has 0 aliphatic carbocycles. The zero-order chi connectivity index (χ0) is 11.3. The topological polar surface area (TPSA) is 52.9 Å². The van der Waals surface area contributed by atoms with E-state index in [-0.39, 0.29) is 12.2 Å². The van der Waals surface area contributed by atoms with Crippen molar-refractivity contribution in [3.63, 3.8) is 0 Å². The minimum absolute atomic E-state index is 0.159. The molecular weight excluding hydrogens is 194 g/mol. The van der Waals surface area contributed by atoms with Crippen LogP contribution in [0.3, 0.4) is 0 Å². The molecule has 4 heteroatoms. The predicted molar refractivity (Wildman–Crippen MR) is 58.8 cm³/mol. The molecule has 0 aromatic heterocycles. The number of nitrogens with zero attached hydrogens (tertiary/aromatic N) is 1. The molecule has 0 aromatic carbocycles. The van der Waals surface area contributed by atoms with Crippen molar-refractivity contribution in [1.29, 1.82) is 0 Å². The minimum atomic E-state index is -0.447. The first kappa shape index (κ1) is 12.9. The fourth-order valence-electron chi connectivity index (χ4n) is 1.85. The number of rotatable bonds is 5. The summed E-state index contributed by atoms with van der Waals surface area (Å²) >= 11 is 0. The second-order valence-electron chi connectivity index (χ2n) is 4.59. The average molecular weight is 217 g/mol. The van der Waals surface area contributed by atoms with Crippen LogP contribution in [0.5, 0.6) is 0 Å². The summed E-state index contributed by atoms with van der Waals surface area (Å²) in [6, 6.07) is 0. The highest BCUT2D eigenvalue weighted by atomic mass is 16.5. The van der Waals surface area contributed by atoms with Crippen LogP contribution in [0.1, 0.15) is 26.7 Å². The number of β-amino-alcohol motifs (C(OH)–C–C–N with tert-alkyl or cyclic N) is 2. The van der Waals surface area contributed by atoms with Crippen molar-refractivity contribution < 1.29 is 14.9 Å². The molecule has 4 nitrogen and oxygen atoms in total. The summed E-state index contributed by atoms with van der Waals surface area (Å²) in [4.78, 5) is 2.10. The van der Waals surface area contributed by atoms with Crippen LogP contribution in [-0.4, -0.2) is 59.7 Å². The average Bonchev–Trinajstić information content (AvgIpc) is 2.15. The summed E-state index contributed by atoms with van der Waals surface area (Å²) < 4.78 is 5.33. The third kappa shape index (κ3) is 5.47. The Morgan fingerprint density at radius 2 is 2.20 bits per heavy atom. The number of hydrogen-bond acceptors (Lipinski definition) is 4. The van der Waals surface area contributed by atoms with Crippen LogP contribution in [-0.2, 0) is 4.74 Å². The standard InChI is InChI=1S/C11H23NO3/c1-9(2)15-8-11(14)7-12-5-3-4-10(13)6-12/h9-11,13-14H,3-8H2,1-2H3/t10-,11-/m1/s1. The van der Waals surface area contributed by atoms with E-state index in [1.807, 2.05) is 13.8 Å². The van der Waals surface area contributed by atoms with E-state index in [4.69, 9.17) is 4.74 Å². The van der Waals surface area contributed by atoms with Gasteiger partial charge in [-0.15, -0.1) is 0 Å². The van der Waals surface area contributed by atoms with Crippen LogP contribution >= 0.6 is 0 Å². The molecule has 0 aromatic rings. The Morgan fingerprint density at radius 1 is 1.47 bits per heavy atom. The highest BCUT2D eigenvalue weighted by Crippen LogP contribution is 2.10. The van der Waals surface area contributed by atoms with Crippen LogP contribution in [0.25, 0.3) is 0 Å². The molecule has 1 rings (SSSR count). The number of ether oxygens (including phenoxy) is 1. The Bertz CT molecular complexity index is 175. The van der Waals surface area contributed by atoms with Crippen LogP contribution in [0.4, 0.5) is 0 Å². The highest BCUT2D eigenvalue weighted by Gasteiger charge is 2.19. The first-order valence-electron chi connectivity index (χ1n) is 5.78. The quantitative estimate of drug-likeness (QED) is 0.692. The Kier molecular flexibility index (Phi) is 5.53. The van der Waals surface area contributed by atoms with E-state index < -0.39 is 6.10 Å². The Morgan fingerprint density at radius 3 is 2.80 bits per heavy atom. The second-order valence-corrected chi connectivity index (χ2v) is 4.59. The van der Waals surface area contributed by atoms with Crippen molar-refractivity contribution in [1.82, 2.24) is 4.90 Å². The van der Waals surface area contributed by atoms with Crippen LogP contribution in [0.2, 0.25) is 0 Å². The molecule has 0 amide bonds. The number of aliphatic hydroxyl groups is 2. The van der Waals surface area contributed by atoms with E-state index >= 15 is 0 Å². The van der Waals surface area contributed by atoms with Gasteiger partial charge in [0.1, 0.15) is 0 Å². The van der Waals surface area contributed by atoms with Gasteiger partial charge in [-0.05, 0) is 33.2 Å². The Hall–Kier alpha value is -0.160. The SMILES string of the molecule is CC(C)OC[C@H](O)CN1CCC[C@@H](O)C1. The zero-order valence-electron chi connectivity index (χ0n) is 9.72. The Balaban J connectivity index is 2.16. The van der Waals surface area contributed by atoms with Gasteiger partial charge in [-0.3, -0.25) is 4.90 Å². The first-order chi connectivity index (χ1) is 7.08. The van der Waals surface area contributed by atoms with Crippen LogP contribution < -0.4 is 0 Å². The van der Waals surface area contributed by atoms with Crippen molar-refractivity contribution in [2.75, 3.05) is 26.2 Å². The van der Waals surface area contributed by atoms with Gasteiger partial charge in [0.2, 0.25) is 0 Å². The molecule has 2 atom stereocenters. The monoisotopic (exact) mass is 217 g/mol. The fraction of sp³-hybridized carbons (Fsp3) is 1.00. The summed E-state index contributed by atoms with van der Waals surface area (Å²) in [6.45, 7) is 6.54. The zero-order valence-corrected chi connectivity index (χ0v) is 9.72. The molecular formula is C11H23NO3. The summed E-state index contributed by atoms with van der Waals surface area (Å²) in [5.74, 6) is 0. The van der Waals surface area contributed by atoms with Gasteiger partial charge in [0.15, 0.2) is 0 Å². The van der Waals surface area contributed by atoms with Crippen molar-refractivity contribution in [2.24, 2.45) is 0 Å². The van der Waals surface area contributed by atoms with Gasteiger partial charge in [0.25, 0.3) is 0 Å². The van der Waals surface area contributed by atoms with Crippen molar-refractivity contribution in [3.8, 4) is 0 Å². The number of aliphatic hydroxyl groups excluding tert-OH is 2. The van der Waals surface area contributed by atoms with Crippen LogP contribution in [0.15, 0.2) is 0 Å². The van der Waals surface area contributed by atoms with Gasteiger partial charge in [0.05, 0.1) is 24.9 Å². The molecule has 15 heavy (non-hydrogen) atoms. The summed E-state index contributed by atoms with van der Waals surface area (Å²) in [5.41, 5.74) is 0. The third-order valence-corrected chi connectivity index (χ3v) is 2.57. The molecule has 90 valence electrons. The number of hydrogen-bond donors (Lipinski definition) is 2. The molecule has 0 radical (unpaired) electrons. The highest BCUT2D eigenvalue weighted by molar-refractivity contribution is 4.74. The number of piperidine rings is 1. The lowest BCUT2D eigenvalue weighted by molar-refractivity contribution is -0.0205. The molecule has 1 aliphatic rings. The molecule has 1 fully saturated rings. The van der Waals surface area contributed by atoms with E-state index in [9.17, 15) is 10.2 Å². The molecule has 0 spiro atoms. The maximum atomic E-state index is 9.69. The molecule has 0 unspecified atom stereocenters. The second kappa shape index (κ2) is 6.43. The van der Waals surface area contributed by atoms with E-state index in [1.165, 1.54) is 0 Å². The summed E-state index contributed by atoms with van der Waals surface area (Å²) in [5, 5.41) is 19.1. The molecule has 1 aliphatic heterocycles. The number of likely N-dealkylation sites (tertiary alicyclic amines) is 1. The summed E-state index contributed by atoms with van der Waals surface area (Å²) in [6.07, 6.45) is 1.38.